The molecule has 0 aromatic heterocycles. The summed E-state index contributed by atoms with van der Waals surface area (Å²) in [7, 11) is 0. The van der Waals surface area contributed by atoms with E-state index in [-0.39, 0.29) is 17.9 Å². The molecule has 0 saturated heterocycles. The minimum Gasteiger partial charge on any atom is -0.508 e. The number of aromatic hydroxyl groups is 1. The van der Waals surface area contributed by atoms with E-state index in [9.17, 15) is 15.0 Å². The first kappa shape index (κ1) is 16.9. The van der Waals surface area contributed by atoms with Crippen LogP contribution >= 0.6 is 0 Å². The fourth-order valence-corrected chi connectivity index (χ4v) is 2.51. The number of hydrogen-bond donors (Lipinski definition) is 2. The molecule has 2 N–H and O–H groups in total. The van der Waals surface area contributed by atoms with Crippen molar-refractivity contribution in [2.45, 2.75) is 12.4 Å². The third-order valence-corrected chi connectivity index (χ3v) is 3.89. The van der Waals surface area contributed by atoms with Crippen LogP contribution in [-0.2, 0) is 17.1 Å². The van der Waals surface area contributed by atoms with Gasteiger partial charge in [0.15, 0.2) is 0 Å². The fourth-order valence-electron chi connectivity index (χ4n) is 2.51. The Morgan fingerprint density at radius 2 is 1.40 bits per heavy atom. The molecule has 0 bridgehead atoms. The Labute approximate surface area is 146 Å². The molecule has 25 heavy (non-hydrogen) atoms. The number of carbonyl (C=O) groups is 1. The minimum atomic E-state index is -2.15. The summed E-state index contributed by atoms with van der Waals surface area (Å²) in [5, 5.41) is 20.6. The summed E-state index contributed by atoms with van der Waals surface area (Å²) in [5.41, 5.74) is 1.43. The van der Waals surface area contributed by atoms with Crippen LogP contribution in [0, 0.1) is 0 Å². The predicted octanol–water partition coefficient (Wildman–Crippen LogP) is 3.64. The third kappa shape index (κ3) is 3.76. The molecule has 1 unspecified atom stereocenters. The Hall–Kier alpha value is -2.95. The lowest BCUT2D eigenvalue weighted by atomic mass is 9.96. The lowest BCUT2D eigenvalue weighted by Crippen LogP contribution is -2.38. The average molecular weight is 334 g/mol. The molecule has 0 aliphatic rings. The molecule has 3 rings (SSSR count). The number of ketones is 1. The molecule has 0 saturated carbocycles. The van der Waals surface area contributed by atoms with Gasteiger partial charge in [-0.15, -0.1) is 0 Å². The van der Waals surface area contributed by atoms with Crippen LogP contribution in [0.15, 0.2) is 84.9 Å². The van der Waals surface area contributed by atoms with Crippen LogP contribution in [0.5, 0.6) is 5.75 Å². The van der Waals surface area contributed by atoms with E-state index < -0.39 is 11.6 Å². The van der Waals surface area contributed by atoms with Crippen LogP contribution in [0.4, 0.5) is 0 Å². The smallest absolute Gasteiger partial charge is 0.259 e. The van der Waals surface area contributed by atoms with Gasteiger partial charge < -0.3 is 14.9 Å². The molecule has 0 amide bonds. The lowest BCUT2D eigenvalue weighted by Gasteiger charge is -2.27. The molecule has 0 aliphatic heterocycles. The first-order chi connectivity index (χ1) is 12.1. The summed E-state index contributed by atoms with van der Waals surface area (Å²) in [6.07, 6.45) is 0. The van der Waals surface area contributed by atoms with E-state index in [1.165, 1.54) is 24.3 Å². The number of hydrogen-bond acceptors (Lipinski definition) is 4. The Morgan fingerprint density at radius 1 is 0.840 bits per heavy atom. The van der Waals surface area contributed by atoms with Gasteiger partial charge in [-0.05, 0) is 29.8 Å². The summed E-state index contributed by atoms with van der Waals surface area (Å²) in [4.78, 5) is 12.9. The van der Waals surface area contributed by atoms with E-state index >= 15 is 0 Å². The number of ether oxygens (including phenoxy) is 1. The summed E-state index contributed by atoms with van der Waals surface area (Å²) >= 11 is 0. The van der Waals surface area contributed by atoms with E-state index in [0.29, 0.717) is 5.56 Å². The molecular weight excluding hydrogens is 316 g/mol. The number of phenols is 1. The van der Waals surface area contributed by atoms with Crippen molar-refractivity contribution in [3.05, 3.63) is 102 Å². The first-order valence-corrected chi connectivity index (χ1v) is 7.89. The van der Waals surface area contributed by atoms with Gasteiger partial charge in [0.1, 0.15) is 5.75 Å². The zero-order valence-electron chi connectivity index (χ0n) is 13.5. The van der Waals surface area contributed by atoms with Gasteiger partial charge in [-0.3, -0.25) is 4.79 Å². The van der Waals surface area contributed by atoms with Crippen LogP contribution in [0.25, 0.3) is 0 Å². The van der Waals surface area contributed by atoms with Crippen molar-refractivity contribution >= 4 is 5.78 Å². The van der Waals surface area contributed by atoms with Crippen molar-refractivity contribution in [1.29, 1.82) is 0 Å². The topological polar surface area (TPSA) is 66.8 Å². The van der Waals surface area contributed by atoms with Crippen LogP contribution in [0.2, 0.25) is 0 Å². The van der Waals surface area contributed by atoms with Gasteiger partial charge in [-0.2, -0.15) is 0 Å². The summed E-state index contributed by atoms with van der Waals surface area (Å²) in [5.74, 6) is -2.67. The lowest BCUT2D eigenvalue weighted by molar-refractivity contribution is -0.181. The van der Waals surface area contributed by atoms with Gasteiger partial charge in [0.05, 0.1) is 6.61 Å². The normalized spacial score (nSPS) is 13.2. The molecule has 0 fully saturated rings. The van der Waals surface area contributed by atoms with Gasteiger partial charge in [-0.25, -0.2) is 0 Å². The molecule has 0 radical (unpaired) electrons. The second-order valence-electron chi connectivity index (χ2n) is 5.66. The molecule has 1 atom stereocenters. The Bertz CT molecular complexity index is 829. The number of aliphatic hydroxyl groups is 1. The van der Waals surface area contributed by atoms with Gasteiger partial charge in [0.2, 0.25) is 5.78 Å². The highest BCUT2D eigenvalue weighted by Gasteiger charge is 2.40. The van der Waals surface area contributed by atoms with Gasteiger partial charge in [-0.1, -0.05) is 60.7 Å². The molecule has 3 aromatic carbocycles. The van der Waals surface area contributed by atoms with E-state index in [1.807, 2.05) is 30.3 Å². The standard InChI is InChI=1S/C21H18O4/c22-19-13-11-18(12-14-19)21(24,20(23)17-9-5-2-6-10-17)25-15-16-7-3-1-4-8-16/h1-14,22,24H,15H2. The van der Waals surface area contributed by atoms with Crippen molar-refractivity contribution in [1.82, 2.24) is 0 Å². The van der Waals surface area contributed by atoms with E-state index in [1.54, 1.807) is 30.3 Å². The number of Topliss-reactive ketones (excluding diaryl/α,β-unsaturated/α-hetero) is 1. The Kier molecular flexibility index (Phi) is 4.93. The van der Waals surface area contributed by atoms with E-state index in [0.717, 1.165) is 5.56 Å². The van der Waals surface area contributed by atoms with Crippen molar-refractivity contribution in [3.63, 3.8) is 0 Å². The predicted molar refractivity (Wildman–Crippen MR) is 94.0 cm³/mol. The molecule has 4 heteroatoms. The Balaban J connectivity index is 1.95. The minimum absolute atomic E-state index is 0.0429. The largest absolute Gasteiger partial charge is 0.508 e. The second kappa shape index (κ2) is 7.30. The monoisotopic (exact) mass is 334 g/mol. The molecule has 126 valence electrons. The first-order valence-electron chi connectivity index (χ1n) is 7.89. The summed E-state index contributed by atoms with van der Waals surface area (Å²) in [6.45, 7) is 0.0663. The van der Waals surface area contributed by atoms with Crippen LogP contribution in [-0.4, -0.2) is 16.0 Å². The second-order valence-corrected chi connectivity index (χ2v) is 5.66. The van der Waals surface area contributed by atoms with Crippen molar-refractivity contribution < 1.29 is 19.7 Å². The molecule has 0 heterocycles. The maximum Gasteiger partial charge on any atom is 0.259 e. The van der Waals surface area contributed by atoms with E-state index in [2.05, 4.69) is 0 Å². The third-order valence-electron chi connectivity index (χ3n) is 3.89. The van der Waals surface area contributed by atoms with Crippen LogP contribution in [0.3, 0.4) is 0 Å². The molecular formula is C21H18O4. The average Bonchev–Trinajstić information content (AvgIpc) is 2.67. The molecule has 4 nitrogen and oxygen atoms in total. The number of carbonyl (C=O) groups excluding carboxylic acids is 1. The van der Waals surface area contributed by atoms with Gasteiger partial charge in [0, 0.05) is 11.1 Å². The van der Waals surface area contributed by atoms with Crippen molar-refractivity contribution in [2.75, 3.05) is 0 Å². The highest BCUT2D eigenvalue weighted by molar-refractivity contribution is 6.01. The quantitative estimate of drug-likeness (QED) is 0.533. The molecule has 3 aromatic rings. The molecule has 0 spiro atoms. The summed E-state index contributed by atoms with van der Waals surface area (Å²) < 4.78 is 5.68. The number of benzene rings is 3. The maximum absolute atomic E-state index is 12.9. The zero-order valence-corrected chi connectivity index (χ0v) is 13.5. The number of rotatable bonds is 6. The Morgan fingerprint density at radius 3 is 2.00 bits per heavy atom. The van der Waals surface area contributed by atoms with Gasteiger partial charge >= 0.3 is 0 Å². The molecule has 0 aliphatic carbocycles. The fraction of sp³-hybridized carbons (Fsp3) is 0.0952. The van der Waals surface area contributed by atoms with E-state index in [4.69, 9.17) is 4.74 Å². The SMILES string of the molecule is O=C(c1ccccc1)C(O)(OCc1ccccc1)c1ccc(O)cc1. The maximum atomic E-state index is 12.9. The number of phenolic OH excluding ortho intramolecular Hbond substituents is 1. The van der Waals surface area contributed by atoms with Crippen molar-refractivity contribution in [2.24, 2.45) is 0 Å². The zero-order chi connectivity index (χ0) is 17.7. The van der Waals surface area contributed by atoms with Crippen LogP contribution in [0.1, 0.15) is 21.5 Å². The summed E-state index contributed by atoms with van der Waals surface area (Å²) in [6, 6.07) is 23.6. The highest BCUT2D eigenvalue weighted by atomic mass is 16.6. The van der Waals surface area contributed by atoms with Crippen molar-refractivity contribution in [3.8, 4) is 5.75 Å². The van der Waals surface area contributed by atoms with Gasteiger partial charge in [0.25, 0.3) is 5.79 Å². The highest BCUT2D eigenvalue weighted by Crippen LogP contribution is 2.30. The van der Waals surface area contributed by atoms with Crippen LogP contribution < -0.4 is 0 Å².